The van der Waals surface area contributed by atoms with Crippen molar-refractivity contribution in [3.8, 4) is 0 Å². The van der Waals surface area contributed by atoms with Crippen LogP contribution in [0.2, 0.25) is 0 Å². The monoisotopic (exact) mass is 327 g/mol. The van der Waals surface area contributed by atoms with Crippen LogP contribution in [0, 0.1) is 12.7 Å². The van der Waals surface area contributed by atoms with Gasteiger partial charge < -0.3 is 5.32 Å². The summed E-state index contributed by atoms with van der Waals surface area (Å²) in [7, 11) is 0. The highest BCUT2D eigenvalue weighted by atomic mass is 79.9. The predicted molar refractivity (Wildman–Crippen MR) is 78.7 cm³/mol. The number of benzene rings is 1. The summed E-state index contributed by atoms with van der Waals surface area (Å²) in [5.74, 6) is -0.226. The lowest BCUT2D eigenvalue weighted by Gasteiger charge is -2.19. The third-order valence-corrected chi connectivity index (χ3v) is 4.36. The van der Waals surface area contributed by atoms with Crippen molar-refractivity contribution >= 4 is 27.3 Å². The van der Waals surface area contributed by atoms with Crippen molar-refractivity contribution in [2.75, 3.05) is 6.54 Å². The molecule has 1 aromatic carbocycles. The second kappa shape index (κ2) is 5.95. The highest BCUT2D eigenvalue weighted by Crippen LogP contribution is 2.30. The molecule has 1 unspecified atom stereocenters. The molecule has 0 fully saturated rings. The number of halogens is 2. The van der Waals surface area contributed by atoms with Gasteiger partial charge in [-0.15, -0.1) is 11.3 Å². The van der Waals surface area contributed by atoms with E-state index in [2.05, 4.69) is 46.5 Å². The Morgan fingerprint density at radius 1 is 1.39 bits per heavy atom. The molecule has 18 heavy (non-hydrogen) atoms. The second-order valence-electron chi connectivity index (χ2n) is 4.10. The highest BCUT2D eigenvalue weighted by Gasteiger charge is 2.16. The van der Waals surface area contributed by atoms with E-state index in [4.69, 9.17) is 0 Å². The summed E-state index contributed by atoms with van der Waals surface area (Å²) in [6.45, 7) is 5.06. The molecule has 2 aromatic rings. The normalized spacial score (nSPS) is 12.7. The fraction of sp³-hybridized carbons (Fsp3) is 0.286. The molecule has 0 aliphatic rings. The zero-order valence-electron chi connectivity index (χ0n) is 10.3. The third kappa shape index (κ3) is 2.82. The maximum atomic E-state index is 13.3. The summed E-state index contributed by atoms with van der Waals surface area (Å²) in [6, 6.07) is 7.44. The Morgan fingerprint density at radius 2 is 2.17 bits per heavy atom. The molecular weight excluding hydrogens is 313 g/mol. The summed E-state index contributed by atoms with van der Waals surface area (Å²) >= 11 is 4.98. The fourth-order valence-electron chi connectivity index (χ4n) is 2.00. The van der Waals surface area contributed by atoms with Gasteiger partial charge in [-0.2, -0.15) is 0 Å². The van der Waals surface area contributed by atoms with Gasteiger partial charge in [0.2, 0.25) is 0 Å². The van der Waals surface area contributed by atoms with Gasteiger partial charge in [-0.1, -0.05) is 13.0 Å². The number of thiophene rings is 1. The lowest BCUT2D eigenvalue weighted by Crippen LogP contribution is -2.22. The molecule has 0 saturated heterocycles. The van der Waals surface area contributed by atoms with Crippen molar-refractivity contribution < 1.29 is 4.39 Å². The molecule has 2 rings (SSSR count). The van der Waals surface area contributed by atoms with Gasteiger partial charge in [-0.05, 0) is 64.1 Å². The van der Waals surface area contributed by atoms with E-state index < -0.39 is 0 Å². The molecule has 0 bridgehead atoms. The Labute approximate surface area is 119 Å². The lowest BCUT2D eigenvalue weighted by atomic mass is 9.99. The molecule has 96 valence electrons. The first-order valence-electron chi connectivity index (χ1n) is 5.85. The van der Waals surface area contributed by atoms with Crippen LogP contribution in [0.1, 0.15) is 29.0 Å². The molecule has 0 spiro atoms. The van der Waals surface area contributed by atoms with E-state index in [1.165, 1.54) is 16.5 Å². The highest BCUT2D eigenvalue weighted by molar-refractivity contribution is 9.10. The Bertz CT molecular complexity index is 538. The average molecular weight is 328 g/mol. The van der Waals surface area contributed by atoms with E-state index in [-0.39, 0.29) is 11.9 Å². The number of rotatable bonds is 4. The third-order valence-electron chi connectivity index (χ3n) is 2.90. The van der Waals surface area contributed by atoms with Crippen LogP contribution < -0.4 is 5.32 Å². The van der Waals surface area contributed by atoms with Gasteiger partial charge in [-0.25, -0.2) is 4.39 Å². The molecule has 0 radical (unpaired) electrons. The molecule has 0 aliphatic heterocycles. The standard InChI is InChI=1S/C14H15BrFNS/c1-3-17-14(11-6-7-18-9(11)2)10-4-5-13(16)12(15)8-10/h4-8,14,17H,3H2,1-2H3. The van der Waals surface area contributed by atoms with E-state index in [0.717, 1.165) is 12.1 Å². The van der Waals surface area contributed by atoms with E-state index in [0.29, 0.717) is 4.47 Å². The van der Waals surface area contributed by atoms with Gasteiger partial charge >= 0.3 is 0 Å². The maximum Gasteiger partial charge on any atom is 0.137 e. The quantitative estimate of drug-likeness (QED) is 0.861. The maximum absolute atomic E-state index is 13.3. The van der Waals surface area contributed by atoms with Crippen LogP contribution in [-0.2, 0) is 0 Å². The van der Waals surface area contributed by atoms with Crippen LogP contribution in [0.5, 0.6) is 0 Å². The van der Waals surface area contributed by atoms with Crippen molar-refractivity contribution in [3.05, 3.63) is 55.9 Å². The summed E-state index contributed by atoms with van der Waals surface area (Å²) in [5.41, 5.74) is 2.34. The van der Waals surface area contributed by atoms with Crippen LogP contribution in [0.15, 0.2) is 34.1 Å². The van der Waals surface area contributed by atoms with Crippen LogP contribution in [0.25, 0.3) is 0 Å². The largest absolute Gasteiger partial charge is 0.306 e. The lowest BCUT2D eigenvalue weighted by molar-refractivity contribution is 0.608. The number of hydrogen-bond donors (Lipinski definition) is 1. The van der Waals surface area contributed by atoms with Crippen molar-refractivity contribution in [2.24, 2.45) is 0 Å². The molecule has 1 heterocycles. The van der Waals surface area contributed by atoms with Crippen molar-refractivity contribution in [2.45, 2.75) is 19.9 Å². The van der Waals surface area contributed by atoms with E-state index in [1.807, 2.05) is 12.1 Å². The molecular formula is C14H15BrFNS. The molecule has 0 amide bonds. The molecule has 1 nitrogen and oxygen atoms in total. The Morgan fingerprint density at radius 3 is 2.72 bits per heavy atom. The van der Waals surface area contributed by atoms with Crippen LogP contribution >= 0.6 is 27.3 Å². The van der Waals surface area contributed by atoms with Crippen LogP contribution in [0.4, 0.5) is 4.39 Å². The summed E-state index contributed by atoms with van der Waals surface area (Å²) in [6.07, 6.45) is 0. The van der Waals surface area contributed by atoms with Gasteiger partial charge in [0.15, 0.2) is 0 Å². The van der Waals surface area contributed by atoms with Gasteiger partial charge in [-0.3, -0.25) is 0 Å². The van der Waals surface area contributed by atoms with Crippen molar-refractivity contribution in [3.63, 3.8) is 0 Å². The summed E-state index contributed by atoms with van der Waals surface area (Å²) in [5, 5.41) is 5.54. The van der Waals surface area contributed by atoms with Gasteiger partial charge in [0.05, 0.1) is 10.5 Å². The summed E-state index contributed by atoms with van der Waals surface area (Å²) in [4.78, 5) is 1.29. The zero-order valence-corrected chi connectivity index (χ0v) is 12.7. The van der Waals surface area contributed by atoms with Crippen LogP contribution in [0.3, 0.4) is 0 Å². The minimum absolute atomic E-state index is 0.123. The Hall–Kier alpha value is -0.710. The topological polar surface area (TPSA) is 12.0 Å². The second-order valence-corrected chi connectivity index (χ2v) is 6.07. The first-order valence-corrected chi connectivity index (χ1v) is 7.53. The molecule has 4 heteroatoms. The Kier molecular flexibility index (Phi) is 4.54. The van der Waals surface area contributed by atoms with Gasteiger partial charge in [0, 0.05) is 4.88 Å². The number of nitrogens with one attached hydrogen (secondary N) is 1. The van der Waals surface area contributed by atoms with Gasteiger partial charge in [0.1, 0.15) is 5.82 Å². The molecule has 1 atom stereocenters. The number of hydrogen-bond acceptors (Lipinski definition) is 2. The smallest absolute Gasteiger partial charge is 0.137 e. The number of aryl methyl sites for hydroxylation is 1. The molecule has 1 aromatic heterocycles. The molecule has 1 N–H and O–H groups in total. The van der Waals surface area contributed by atoms with Crippen LogP contribution in [-0.4, -0.2) is 6.54 Å². The van der Waals surface area contributed by atoms with Crippen molar-refractivity contribution in [1.82, 2.24) is 5.32 Å². The van der Waals surface area contributed by atoms with E-state index >= 15 is 0 Å². The zero-order chi connectivity index (χ0) is 13.1. The molecule has 0 saturated carbocycles. The summed E-state index contributed by atoms with van der Waals surface area (Å²) < 4.78 is 13.8. The van der Waals surface area contributed by atoms with Crippen molar-refractivity contribution in [1.29, 1.82) is 0 Å². The predicted octanol–water partition coefficient (Wildman–Crippen LogP) is 4.66. The van der Waals surface area contributed by atoms with E-state index in [1.54, 1.807) is 11.3 Å². The SMILES string of the molecule is CCNC(c1ccc(F)c(Br)c1)c1ccsc1C. The minimum Gasteiger partial charge on any atom is -0.306 e. The molecule has 0 aliphatic carbocycles. The Balaban J connectivity index is 2.41. The van der Waals surface area contributed by atoms with E-state index in [9.17, 15) is 4.39 Å². The fourth-order valence-corrected chi connectivity index (χ4v) is 3.13. The first kappa shape index (κ1) is 13.7. The average Bonchev–Trinajstić information content (AvgIpc) is 2.76. The minimum atomic E-state index is -0.226. The van der Waals surface area contributed by atoms with Gasteiger partial charge in [0.25, 0.3) is 0 Å². The first-order chi connectivity index (χ1) is 8.63.